The number of alkyl halides is 3. The highest BCUT2D eigenvalue weighted by atomic mass is 35.5. The minimum Gasteiger partial charge on any atom is -0.512 e. The zero-order valence-electron chi connectivity index (χ0n) is 53.3. The Labute approximate surface area is 592 Å². The summed E-state index contributed by atoms with van der Waals surface area (Å²) in [6.45, 7) is 16.2. The zero-order chi connectivity index (χ0) is 72.2. The van der Waals surface area contributed by atoms with E-state index in [2.05, 4.69) is 33.9 Å². The van der Waals surface area contributed by atoms with Crippen LogP contribution in [-0.4, -0.2) is 78.8 Å². The Morgan fingerprint density at radius 1 is 0.420 bits per heavy atom. The maximum atomic E-state index is 13.3. The summed E-state index contributed by atoms with van der Waals surface area (Å²) in [5.41, 5.74) is -0.383. The van der Waals surface area contributed by atoms with Crippen LogP contribution in [0.15, 0.2) is 267 Å². The molecule has 0 amide bonds. The molecule has 0 saturated carbocycles. The normalized spacial score (nSPS) is 12.0. The molecule has 12 aromatic carbocycles. The van der Waals surface area contributed by atoms with Crippen LogP contribution >= 0.6 is 46.9 Å². The number of ether oxygens (including phenoxy) is 1. The van der Waals surface area contributed by atoms with Crippen LogP contribution in [0.25, 0.3) is 64.6 Å². The van der Waals surface area contributed by atoms with Crippen molar-refractivity contribution in [2.75, 3.05) is 31.4 Å². The lowest BCUT2D eigenvalue weighted by Crippen LogP contribution is -2.22. The van der Waals surface area contributed by atoms with Crippen molar-refractivity contribution in [3.8, 4) is 23.0 Å². The lowest BCUT2D eigenvalue weighted by atomic mass is 10.1. The van der Waals surface area contributed by atoms with Crippen molar-refractivity contribution in [3.63, 3.8) is 0 Å². The Morgan fingerprint density at radius 3 is 1.11 bits per heavy atom. The number of hydrogen-bond donors (Lipinski definition) is 9. The predicted molar refractivity (Wildman–Crippen MR) is 399 cm³/mol. The average Bonchev–Trinajstić information content (AvgIpc) is 0.783. The van der Waals surface area contributed by atoms with E-state index in [9.17, 15) is 69.1 Å². The number of hydrogen-bond acceptors (Lipinski definition) is 16. The molecule has 0 unspecified atom stereocenters. The van der Waals surface area contributed by atoms with Crippen LogP contribution in [-0.2, 0) is 36.2 Å². The molecule has 0 atom stereocenters. The second-order valence-corrected chi connectivity index (χ2v) is 32.1. The highest BCUT2D eigenvalue weighted by molar-refractivity contribution is 8.00. The van der Waals surface area contributed by atoms with Crippen LogP contribution < -0.4 is 18.9 Å². The molecule has 26 heteroatoms. The van der Waals surface area contributed by atoms with Crippen molar-refractivity contribution in [2.24, 2.45) is 0 Å². The smallest absolute Gasteiger partial charge is 0.416 e. The third-order valence-corrected chi connectivity index (χ3v) is 22.5. The number of anilines is 3. The van der Waals surface area contributed by atoms with E-state index < -0.39 is 41.8 Å². The van der Waals surface area contributed by atoms with Gasteiger partial charge in [-0.3, -0.25) is 14.2 Å². The van der Waals surface area contributed by atoms with Crippen molar-refractivity contribution in [3.05, 3.63) is 248 Å². The van der Waals surface area contributed by atoms with Gasteiger partial charge in [-0.25, -0.2) is 25.3 Å². The fourth-order valence-electron chi connectivity index (χ4n) is 10.4. The lowest BCUT2D eigenvalue weighted by Gasteiger charge is -2.21. The molecule has 0 bridgehead atoms. The van der Waals surface area contributed by atoms with E-state index in [0.717, 1.165) is 57.2 Å². The first-order valence-corrected chi connectivity index (χ1v) is 37.8. The Bertz CT molecular complexity index is 5600. The van der Waals surface area contributed by atoms with Gasteiger partial charge < -0.3 is 35.4 Å². The lowest BCUT2D eigenvalue weighted by molar-refractivity contribution is -0.137. The van der Waals surface area contributed by atoms with Crippen LogP contribution in [0, 0.1) is 0 Å². The third kappa shape index (κ3) is 17.5. The molecule has 0 radical (unpaired) electrons. The SMILES string of the molecule is C=C(O)CSc1cc(NS(=O)(=O)c2ccc3cc(Cl)ccc3c2)c2ccccc2c1O.C=C(O)CSc1cc(NS(=O)(=O)c2ccc3cc(OC(C)(C)C)ccc3c2)c2ccccc2c1O.C=C(O)CSc1cc(NS(=O)(=O)c2ccc3ccc(C(F)(F)F)cc3c2)c2ccccc2c1O. The predicted octanol–water partition coefficient (Wildman–Crippen LogP) is 19.8. The van der Waals surface area contributed by atoms with Gasteiger partial charge in [-0.05, 0) is 144 Å². The van der Waals surface area contributed by atoms with Crippen LogP contribution in [0.3, 0.4) is 0 Å². The summed E-state index contributed by atoms with van der Waals surface area (Å²) >= 11 is 9.41. The summed E-state index contributed by atoms with van der Waals surface area (Å²) in [7, 11) is -12.0. The van der Waals surface area contributed by atoms with E-state index in [0.29, 0.717) is 74.5 Å². The summed E-state index contributed by atoms with van der Waals surface area (Å²) in [4.78, 5) is 1.19. The number of thioether (sulfide) groups is 3. The molecule has 516 valence electrons. The molecule has 0 aliphatic heterocycles. The monoisotopic (exact) mass is 1490 g/mol. The van der Waals surface area contributed by atoms with E-state index >= 15 is 0 Å². The Morgan fingerprint density at radius 2 is 0.740 bits per heavy atom. The van der Waals surface area contributed by atoms with Crippen molar-refractivity contribution in [1.82, 2.24) is 0 Å². The van der Waals surface area contributed by atoms with Crippen LogP contribution in [0.2, 0.25) is 5.02 Å². The summed E-state index contributed by atoms with van der Waals surface area (Å²) in [5.74, 6) is 0.905. The molecular weight excluding hydrogens is 1420 g/mol. The Kier molecular flexibility index (Phi) is 21.7. The largest absolute Gasteiger partial charge is 0.512 e. The number of phenolic OH excluding ortho intramolecular Hbond substituents is 3. The second kappa shape index (κ2) is 29.7. The van der Waals surface area contributed by atoms with Crippen LogP contribution in [0.1, 0.15) is 26.3 Å². The minimum atomic E-state index is -4.56. The van der Waals surface area contributed by atoms with Gasteiger partial charge >= 0.3 is 6.18 Å². The molecule has 0 aliphatic rings. The fraction of sp³-hybridized carbons (Fsp3) is 0.108. The number of nitrogens with one attached hydrogen (secondary N) is 3. The van der Waals surface area contributed by atoms with Crippen molar-refractivity contribution in [2.45, 2.75) is 61.9 Å². The fourth-order valence-corrected chi connectivity index (χ4v) is 16.2. The number of aliphatic hydroxyl groups is 3. The minimum absolute atomic E-state index is 0.0207. The molecule has 0 aliphatic carbocycles. The Hall–Kier alpha value is -9.60. The van der Waals surface area contributed by atoms with Gasteiger partial charge in [0.25, 0.3) is 30.1 Å². The molecular formula is C74H63ClF3N3O13S6. The van der Waals surface area contributed by atoms with E-state index in [1.807, 2.05) is 39.0 Å². The van der Waals surface area contributed by atoms with Gasteiger partial charge in [-0.1, -0.05) is 141 Å². The molecule has 0 fully saturated rings. The van der Waals surface area contributed by atoms with Gasteiger partial charge in [-0.2, -0.15) is 13.2 Å². The molecule has 12 aromatic rings. The number of sulfonamides is 3. The highest BCUT2D eigenvalue weighted by Crippen LogP contribution is 2.45. The number of aromatic hydroxyl groups is 3. The van der Waals surface area contributed by atoms with Crippen LogP contribution in [0.4, 0.5) is 30.2 Å². The van der Waals surface area contributed by atoms with Crippen molar-refractivity contribution < 1.29 is 73.8 Å². The van der Waals surface area contributed by atoms with E-state index in [1.54, 1.807) is 133 Å². The first-order valence-electron chi connectivity index (χ1n) is 30.0. The number of fused-ring (bicyclic) bond motifs is 6. The summed E-state index contributed by atoms with van der Waals surface area (Å²) < 4.78 is 132. The van der Waals surface area contributed by atoms with Gasteiger partial charge in [0.05, 0.1) is 86.5 Å². The molecule has 0 saturated heterocycles. The van der Waals surface area contributed by atoms with Crippen molar-refractivity contribution >= 4 is 159 Å². The summed E-state index contributed by atoms with van der Waals surface area (Å²) in [5, 5.41) is 67.5. The molecule has 0 spiro atoms. The van der Waals surface area contributed by atoms with Gasteiger partial charge in [0.15, 0.2) is 0 Å². The first-order chi connectivity index (χ1) is 47.1. The number of phenols is 3. The zero-order valence-corrected chi connectivity index (χ0v) is 59.0. The van der Waals surface area contributed by atoms with Crippen molar-refractivity contribution in [1.29, 1.82) is 0 Å². The summed E-state index contributed by atoms with van der Waals surface area (Å²) in [6.07, 6.45) is -4.56. The van der Waals surface area contributed by atoms with Gasteiger partial charge in [0.1, 0.15) is 28.6 Å². The second-order valence-electron chi connectivity index (χ2n) is 23.6. The maximum absolute atomic E-state index is 13.3. The quantitative estimate of drug-likeness (QED) is 0.0207. The first kappa shape index (κ1) is 73.1. The van der Waals surface area contributed by atoms with E-state index in [1.165, 1.54) is 48.2 Å². The molecule has 16 nitrogen and oxygen atoms in total. The number of aliphatic hydroxyl groups excluding tert-OH is 3. The van der Waals surface area contributed by atoms with Gasteiger partial charge in [0, 0.05) is 37.3 Å². The highest BCUT2D eigenvalue weighted by Gasteiger charge is 2.31. The van der Waals surface area contributed by atoms with Gasteiger partial charge in [0.2, 0.25) is 0 Å². The summed E-state index contributed by atoms with van der Waals surface area (Å²) in [6, 6.07) is 52.7. The maximum Gasteiger partial charge on any atom is 0.416 e. The number of benzene rings is 12. The molecule has 9 N–H and O–H groups in total. The number of halogens is 4. The molecule has 12 rings (SSSR count). The standard InChI is InChI=1S/C27H27NO5S2.C24H18F3NO4S2.C23H18ClNO4S2/c1-17(29)16-34-25-15-24(22-7-5-6-8-23(22)26(25)30)28-35(31,32)21-12-10-18-13-20(33-27(2,3)4)11-9-19(18)14-21;1-14(29)13-33-22-12-21(19-4-2-3-5-20(19)23(22)30)28-34(31,32)18-9-7-15-6-8-17(24(25,26)27)10-16(15)11-18;1-14(26)13-30-22-12-21(19-4-2-3-5-20(19)23(22)27)25-31(28,29)18-9-7-15-10-17(24)8-6-16(15)11-18/h5-15,28-30H,1,16H2,2-4H3;2-12,28-30H,1,13H2;2-12,25-27H,1,13H2. The van der Waals surface area contributed by atoms with E-state index in [4.69, 9.17) is 16.3 Å². The van der Waals surface area contributed by atoms with Gasteiger partial charge in [-0.15, -0.1) is 35.3 Å². The molecule has 0 heterocycles. The molecule has 100 heavy (non-hydrogen) atoms. The average molecular weight is 1490 g/mol. The third-order valence-electron chi connectivity index (χ3n) is 14.9. The molecule has 0 aromatic heterocycles. The Balaban J connectivity index is 0.000000162. The van der Waals surface area contributed by atoms with Crippen LogP contribution in [0.5, 0.6) is 23.0 Å². The van der Waals surface area contributed by atoms with E-state index in [-0.39, 0.29) is 83.1 Å². The number of rotatable bonds is 19. The topological polar surface area (TPSA) is 269 Å².